The van der Waals surface area contributed by atoms with E-state index < -0.39 is 5.91 Å². The van der Waals surface area contributed by atoms with E-state index in [-0.39, 0.29) is 0 Å². The lowest BCUT2D eigenvalue weighted by atomic mass is 10.0. The van der Waals surface area contributed by atoms with Crippen molar-refractivity contribution in [3.05, 3.63) is 53.4 Å². The van der Waals surface area contributed by atoms with Gasteiger partial charge in [-0.2, -0.15) is 0 Å². The Labute approximate surface area is 119 Å². The number of carbonyl (C=O) groups is 1. The molecule has 0 bridgehead atoms. The Morgan fingerprint density at radius 3 is 2.80 bits per heavy atom. The average Bonchev–Trinajstić information content (AvgIpc) is 3.10. The summed E-state index contributed by atoms with van der Waals surface area (Å²) >= 11 is 1.39. The van der Waals surface area contributed by atoms with Crippen LogP contribution in [-0.4, -0.2) is 10.9 Å². The quantitative estimate of drug-likeness (QED) is 0.800. The fourth-order valence-electron chi connectivity index (χ4n) is 2.01. The summed E-state index contributed by atoms with van der Waals surface area (Å²) in [7, 11) is 0. The molecule has 1 aromatic carbocycles. The number of nitrogens with two attached hydrogens (primary N) is 1. The molecule has 2 heterocycles. The van der Waals surface area contributed by atoms with E-state index in [2.05, 4.69) is 4.98 Å². The van der Waals surface area contributed by atoms with Crippen molar-refractivity contribution in [3.8, 4) is 21.8 Å². The van der Waals surface area contributed by atoms with Gasteiger partial charge >= 0.3 is 0 Å². The number of primary amides is 1. The van der Waals surface area contributed by atoms with Gasteiger partial charge in [-0.05, 0) is 36.2 Å². The Kier molecular flexibility index (Phi) is 3.12. The number of rotatable bonds is 3. The number of aryl methyl sites for hydroxylation is 1. The summed E-state index contributed by atoms with van der Waals surface area (Å²) in [6, 6.07) is 9.71. The summed E-state index contributed by atoms with van der Waals surface area (Å²) < 4.78 is 5.31. The lowest BCUT2D eigenvalue weighted by Crippen LogP contribution is -2.07. The SMILES string of the molecule is Cc1ccc(-c2cnco2)cc1-c1ccc(C(N)=O)s1. The number of thiophene rings is 1. The van der Waals surface area contributed by atoms with Crippen LogP contribution in [0.3, 0.4) is 0 Å². The molecule has 0 atom stereocenters. The first-order valence-electron chi connectivity index (χ1n) is 6.04. The van der Waals surface area contributed by atoms with Gasteiger partial charge < -0.3 is 10.2 Å². The highest BCUT2D eigenvalue weighted by molar-refractivity contribution is 7.17. The van der Waals surface area contributed by atoms with E-state index in [4.69, 9.17) is 10.2 Å². The third-order valence-corrected chi connectivity index (χ3v) is 4.20. The summed E-state index contributed by atoms with van der Waals surface area (Å²) in [5.41, 5.74) is 8.45. The predicted octanol–water partition coefficient (Wildman–Crippen LogP) is 3.48. The van der Waals surface area contributed by atoms with Gasteiger partial charge in [-0.3, -0.25) is 4.79 Å². The molecular formula is C15H12N2O2S. The standard InChI is InChI=1S/C15H12N2O2S/c1-9-2-3-10(12-7-17-8-19-12)6-11(9)13-4-5-14(20-13)15(16)18/h2-8H,1H3,(H2,16,18). The van der Waals surface area contributed by atoms with Crippen molar-refractivity contribution in [1.29, 1.82) is 0 Å². The minimum absolute atomic E-state index is 0.398. The van der Waals surface area contributed by atoms with Crippen molar-refractivity contribution >= 4 is 17.2 Å². The van der Waals surface area contributed by atoms with Gasteiger partial charge in [-0.25, -0.2) is 4.98 Å². The maximum Gasteiger partial charge on any atom is 0.258 e. The molecule has 0 saturated carbocycles. The zero-order chi connectivity index (χ0) is 14.1. The molecule has 0 aliphatic carbocycles. The second kappa shape index (κ2) is 4.94. The predicted molar refractivity (Wildman–Crippen MR) is 78.5 cm³/mol. The number of aromatic nitrogens is 1. The van der Waals surface area contributed by atoms with Gasteiger partial charge in [0.1, 0.15) is 0 Å². The maximum absolute atomic E-state index is 11.2. The molecule has 20 heavy (non-hydrogen) atoms. The normalized spacial score (nSPS) is 10.7. The first-order valence-corrected chi connectivity index (χ1v) is 6.86. The van der Waals surface area contributed by atoms with Crippen molar-refractivity contribution in [2.45, 2.75) is 6.92 Å². The number of hydrogen-bond donors (Lipinski definition) is 1. The number of benzene rings is 1. The van der Waals surface area contributed by atoms with Crippen LogP contribution in [0.4, 0.5) is 0 Å². The van der Waals surface area contributed by atoms with Gasteiger partial charge in [-0.1, -0.05) is 12.1 Å². The summed E-state index contributed by atoms with van der Waals surface area (Å²) in [4.78, 5) is 16.7. The van der Waals surface area contributed by atoms with Gasteiger partial charge in [0.2, 0.25) is 0 Å². The van der Waals surface area contributed by atoms with E-state index in [0.29, 0.717) is 4.88 Å². The number of amides is 1. The largest absolute Gasteiger partial charge is 0.444 e. The van der Waals surface area contributed by atoms with E-state index in [1.54, 1.807) is 12.3 Å². The molecule has 1 amide bonds. The van der Waals surface area contributed by atoms with Crippen LogP contribution < -0.4 is 5.73 Å². The van der Waals surface area contributed by atoms with E-state index in [1.165, 1.54) is 17.7 Å². The minimum atomic E-state index is -0.398. The van der Waals surface area contributed by atoms with Crippen LogP contribution in [0.15, 0.2) is 47.3 Å². The summed E-state index contributed by atoms with van der Waals surface area (Å²) in [6.45, 7) is 2.03. The van der Waals surface area contributed by atoms with Crippen molar-refractivity contribution < 1.29 is 9.21 Å². The van der Waals surface area contributed by atoms with Crippen molar-refractivity contribution in [3.63, 3.8) is 0 Å². The van der Waals surface area contributed by atoms with Gasteiger partial charge in [0.15, 0.2) is 12.2 Å². The maximum atomic E-state index is 11.2. The molecule has 0 spiro atoms. The Hall–Kier alpha value is -2.40. The van der Waals surface area contributed by atoms with Crippen molar-refractivity contribution in [2.75, 3.05) is 0 Å². The molecule has 5 heteroatoms. The van der Waals surface area contributed by atoms with Gasteiger partial charge in [-0.15, -0.1) is 11.3 Å². The molecule has 2 N–H and O–H groups in total. The zero-order valence-electron chi connectivity index (χ0n) is 10.8. The second-order valence-corrected chi connectivity index (χ2v) is 5.51. The molecule has 100 valence electrons. The number of hydrogen-bond acceptors (Lipinski definition) is 4. The molecule has 0 unspecified atom stereocenters. The molecule has 0 fully saturated rings. The van der Waals surface area contributed by atoms with E-state index in [0.717, 1.165) is 27.3 Å². The molecule has 0 radical (unpaired) electrons. The highest BCUT2D eigenvalue weighted by Gasteiger charge is 2.11. The Bertz CT molecular complexity index is 760. The van der Waals surface area contributed by atoms with Crippen molar-refractivity contribution in [1.82, 2.24) is 4.98 Å². The molecule has 4 nitrogen and oxygen atoms in total. The summed E-state index contributed by atoms with van der Waals surface area (Å²) in [6.07, 6.45) is 3.09. The number of oxazole rings is 1. The zero-order valence-corrected chi connectivity index (χ0v) is 11.6. The van der Waals surface area contributed by atoms with Crippen molar-refractivity contribution in [2.24, 2.45) is 5.73 Å². The summed E-state index contributed by atoms with van der Waals surface area (Å²) in [5, 5.41) is 0. The first kappa shape index (κ1) is 12.6. The van der Waals surface area contributed by atoms with Crippen LogP contribution in [0.5, 0.6) is 0 Å². The average molecular weight is 284 g/mol. The van der Waals surface area contributed by atoms with Crippen LogP contribution in [-0.2, 0) is 0 Å². The van der Waals surface area contributed by atoms with E-state index >= 15 is 0 Å². The Morgan fingerprint density at radius 1 is 1.30 bits per heavy atom. The van der Waals surface area contributed by atoms with Crippen LogP contribution >= 0.6 is 11.3 Å². The lowest BCUT2D eigenvalue weighted by Gasteiger charge is -2.05. The lowest BCUT2D eigenvalue weighted by molar-refractivity contribution is 0.100. The number of carbonyl (C=O) groups excluding carboxylic acids is 1. The second-order valence-electron chi connectivity index (χ2n) is 4.42. The monoisotopic (exact) mass is 284 g/mol. The van der Waals surface area contributed by atoms with Gasteiger partial charge in [0, 0.05) is 10.4 Å². The summed E-state index contributed by atoms with van der Waals surface area (Å²) in [5.74, 6) is 0.322. The third-order valence-electron chi connectivity index (χ3n) is 3.07. The van der Waals surface area contributed by atoms with E-state index in [1.807, 2.05) is 31.2 Å². The fraction of sp³-hybridized carbons (Fsp3) is 0.0667. The smallest absolute Gasteiger partial charge is 0.258 e. The van der Waals surface area contributed by atoms with Gasteiger partial charge in [0.05, 0.1) is 11.1 Å². The molecule has 3 rings (SSSR count). The molecular weight excluding hydrogens is 272 g/mol. The minimum Gasteiger partial charge on any atom is -0.444 e. The Balaban J connectivity index is 2.08. The fourth-order valence-corrected chi connectivity index (χ4v) is 2.95. The topological polar surface area (TPSA) is 69.1 Å². The molecule has 0 aliphatic rings. The molecule has 2 aromatic heterocycles. The molecule has 0 saturated heterocycles. The van der Waals surface area contributed by atoms with Crippen LogP contribution in [0.2, 0.25) is 0 Å². The van der Waals surface area contributed by atoms with Crippen LogP contribution in [0, 0.1) is 6.92 Å². The van der Waals surface area contributed by atoms with E-state index in [9.17, 15) is 4.79 Å². The first-order chi connectivity index (χ1) is 9.65. The third kappa shape index (κ3) is 2.23. The molecule has 3 aromatic rings. The Morgan fingerprint density at radius 2 is 2.15 bits per heavy atom. The van der Waals surface area contributed by atoms with Crippen LogP contribution in [0.25, 0.3) is 21.8 Å². The molecule has 0 aliphatic heterocycles. The highest BCUT2D eigenvalue weighted by atomic mass is 32.1. The van der Waals surface area contributed by atoms with Gasteiger partial charge in [0.25, 0.3) is 5.91 Å². The highest BCUT2D eigenvalue weighted by Crippen LogP contribution is 2.33. The van der Waals surface area contributed by atoms with Crippen LogP contribution in [0.1, 0.15) is 15.2 Å². The number of nitrogens with zero attached hydrogens (tertiary/aromatic N) is 1.